The van der Waals surface area contributed by atoms with Gasteiger partial charge in [0.15, 0.2) is 0 Å². The lowest BCUT2D eigenvalue weighted by atomic mass is 9.94. The second-order valence-corrected chi connectivity index (χ2v) is 10.1. The van der Waals surface area contributed by atoms with Crippen molar-refractivity contribution >= 4 is 23.9 Å². The van der Waals surface area contributed by atoms with Crippen LogP contribution in [0.25, 0.3) is 0 Å². The molecular weight excluding hydrogens is 466 g/mol. The minimum atomic E-state index is -1.28. The number of alkyl carbamates (subject to hydrolysis) is 1. The maximum absolute atomic E-state index is 14.0. The molecule has 3 N–H and O–H groups in total. The standard InChI is InChI=1S/C26H41N3O7/c1-10-16(4)20(28-25(34)36-26(6,7)8)24(33)29(15(2)3)21(23(32)27-14-19(30)35-9)18-13-11-12-17(5)22(18)31/h11-13,15-16,20-21,31H,10,14H2,1-9H3,(H,27,32)(H,28,34). The Hall–Kier alpha value is -3.30. The van der Waals surface area contributed by atoms with Crippen LogP contribution in [0.2, 0.25) is 0 Å². The van der Waals surface area contributed by atoms with Crippen molar-refractivity contribution in [3.63, 3.8) is 0 Å². The Morgan fingerprint density at radius 3 is 2.22 bits per heavy atom. The zero-order valence-electron chi connectivity index (χ0n) is 22.8. The average molecular weight is 508 g/mol. The molecule has 3 amide bonds. The molecule has 0 saturated heterocycles. The number of phenolic OH excluding ortho intramolecular Hbond substituents is 1. The number of nitrogens with one attached hydrogen (secondary N) is 2. The van der Waals surface area contributed by atoms with Gasteiger partial charge in [-0.2, -0.15) is 0 Å². The van der Waals surface area contributed by atoms with Gasteiger partial charge < -0.3 is 30.1 Å². The molecule has 0 bridgehead atoms. The molecule has 0 fully saturated rings. The van der Waals surface area contributed by atoms with E-state index in [2.05, 4.69) is 15.4 Å². The van der Waals surface area contributed by atoms with Crippen LogP contribution < -0.4 is 10.6 Å². The number of amides is 3. The van der Waals surface area contributed by atoms with Crippen molar-refractivity contribution in [3.05, 3.63) is 29.3 Å². The predicted octanol–water partition coefficient (Wildman–Crippen LogP) is 3.21. The Labute approximate surface area is 213 Å². The molecule has 0 aliphatic heterocycles. The molecule has 1 aromatic carbocycles. The summed E-state index contributed by atoms with van der Waals surface area (Å²) in [6, 6.07) is 2.09. The van der Waals surface area contributed by atoms with Crippen molar-refractivity contribution in [1.82, 2.24) is 15.5 Å². The first-order valence-corrected chi connectivity index (χ1v) is 12.1. The number of para-hydroxylation sites is 1. The number of benzene rings is 1. The predicted molar refractivity (Wildman–Crippen MR) is 135 cm³/mol. The van der Waals surface area contributed by atoms with Crippen molar-refractivity contribution in [3.8, 4) is 5.75 Å². The van der Waals surface area contributed by atoms with E-state index in [9.17, 15) is 24.3 Å². The van der Waals surface area contributed by atoms with E-state index >= 15 is 0 Å². The lowest BCUT2D eigenvalue weighted by Crippen LogP contribution is -2.57. The second-order valence-electron chi connectivity index (χ2n) is 10.1. The van der Waals surface area contributed by atoms with Crippen LogP contribution in [0.4, 0.5) is 4.79 Å². The first-order chi connectivity index (χ1) is 16.6. The molecule has 3 atom stereocenters. The van der Waals surface area contributed by atoms with Crippen LogP contribution in [-0.2, 0) is 23.9 Å². The largest absolute Gasteiger partial charge is 0.507 e. The highest BCUT2D eigenvalue weighted by molar-refractivity contribution is 5.94. The zero-order chi connectivity index (χ0) is 27.8. The minimum Gasteiger partial charge on any atom is -0.507 e. The number of aromatic hydroxyl groups is 1. The number of carbonyl (C=O) groups is 4. The Bertz CT molecular complexity index is 940. The van der Waals surface area contributed by atoms with Gasteiger partial charge in [-0.3, -0.25) is 14.4 Å². The summed E-state index contributed by atoms with van der Waals surface area (Å²) in [6.07, 6.45) is -0.192. The molecule has 0 saturated carbocycles. The van der Waals surface area contributed by atoms with Gasteiger partial charge in [0.05, 0.1) is 7.11 Å². The Morgan fingerprint density at radius 1 is 1.11 bits per heavy atom. The number of rotatable bonds is 10. The summed E-state index contributed by atoms with van der Waals surface area (Å²) in [6.45, 7) is 13.6. The molecule has 0 heterocycles. The van der Waals surface area contributed by atoms with Crippen molar-refractivity contribution in [2.24, 2.45) is 5.92 Å². The van der Waals surface area contributed by atoms with Gasteiger partial charge >= 0.3 is 12.1 Å². The fourth-order valence-electron chi connectivity index (χ4n) is 3.61. The van der Waals surface area contributed by atoms with E-state index < -0.39 is 54.1 Å². The smallest absolute Gasteiger partial charge is 0.408 e. The lowest BCUT2D eigenvalue weighted by molar-refractivity contribution is -0.147. The highest BCUT2D eigenvalue weighted by Gasteiger charge is 2.40. The number of ether oxygens (including phenoxy) is 2. The number of esters is 1. The first kappa shape index (κ1) is 30.7. The fourth-order valence-corrected chi connectivity index (χ4v) is 3.61. The van der Waals surface area contributed by atoms with Gasteiger partial charge in [-0.25, -0.2) is 4.79 Å². The molecule has 0 spiro atoms. The molecule has 0 aliphatic rings. The molecule has 202 valence electrons. The number of aryl methyl sites for hydroxylation is 1. The third-order valence-electron chi connectivity index (χ3n) is 5.69. The second kappa shape index (κ2) is 13.1. The van der Waals surface area contributed by atoms with Gasteiger partial charge in [-0.1, -0.05) is 38.5 Å². The molecular formula is C26H41N3O7. The molecule has 1 rings (SSSR count). The molecule has 10 nitrogen and oxygen atoms in total. The van der Waals surface area contributed by atoms with Crippen molar-refractivity contribution in [2.45, 2.75) is 85.5 Å². The van der Waals surface area contributed by atoms with Crippen molar-refractivity contribution < 1.29 is 33.8 Å². The third kappa shape index (κ3) is 8.42. The highest BCUT2D eigenvalue weighted by Crippen LogP contribution is 2.34. The lowest BCUT2D eigenvalue weighted by Gasteiger charge is -2.38. The van der Waals surface area contributed by atoms with Crippen molar-refractivity contribution in [2.75, 3.05) is 13.7 Å². The number of hydrogen-bond acceptors (Lipinski definition) is 7. The van der Waals surface area contributed by atoms with E-state index in [1.807, 2.05) is 13.8 Å². The zero-order valence-corrected chi connectivity index (χ0v) is 22.8. The maximum atomic E-state index is 14.0. The summed E-state index contributed by atoms with van der Waals surface area (Å²) < 4.78 is 9.97. The SMILES string of the molecule is CCC(C)C(NC(=O)OC(C)(C)C)C(=O)N(C(C)C)C(C(=O)NCC(=O)OC)c1cccc(C)c1O. The van der Waals surface area contributed by atoms with Crippen LogP contribution in [0.3, 0.4) is 0 Å². The summed E-state index contributed by atoms with van der Waals surface area (Å²) in [7, 11) is 1.20. The van der Waals surface area contributed by atoms with E-state index in [4.69, 9.17) is 4.74 Å². The number of nitrogens with zero attached hydrogens (tertiary/aromatic N) is 1. The normalized spacial score (nSPS) is 13.8. The van der Waals surface area contributed by atoms with Gasteiger partial charge in [0.25, 0.3) is 0 Å². The molecule has 3 unspecified atom stereocenters. The molecule has 1 aromatic rings. The van der Waals surface area contributed by atoms with Crippen LogP contribution in [0.1, 0.15) is 72.1 Å². The number of phenols is 1. The highest BCUT2D eigenvalue weighted by atomic mass is 16.6. The number of methoxy groups -OCH3 is 1. The summed E-state index contributed by atoms with van der Waals surface area (Å²) in [5.41, 5.74) is -0.0616. The van der Waals surface area contributed by atoms with Crippen molar-refractivity contribution in [1.29, 1.82) is 0 Å². The van der Waals surface area contributed by atoms with Gasteiger partial charge in [-0.15, -0.1) is 0 Å². The summed E-state index contributed by atoms with van der Waals surface area (Å²) in [5.74, 6) is -2.31. The fraction of sp³-hybridized carbons (Fsp3) is 0.615. The van der Waals surface area contributed by atoms with E-state index in [0.717, 1.165) is 0 Å². The van der Waals surface area contributed by atoms with E-state index in [-0.39, 0.29) is 17.2 Å². The first-order valence-electron chi connectivity index (χ1n) is 12.1. The van der Waals surface area contributed by atoms with Crippen LogP contribution in [-0.4, -0.2) is 65.2 Å². The maximum Gasteiger partial charge on any atom is 0.408 e. The van der Waals surface area contributed by atoms with Crippen LogP contribution in [0, 0.1) is 12.8 Å². The monoisotopic (exact) mass is 507 g/mol. The van der Waals surface area contributed by atoms with E-state index in [0.29, 0.717) is 12.0 Å². The molecule has 36 heavy (non-hydrogen) atoms. The quantitative estimate of drug-likeness (QED) is 0.414. The van der Waals surface area contributed by atoms with Crippen LogP contribution in [0.15, 0.2) is 18.2 Å². The average Bonchev–Trinajstić information content (AvgIpc) is 2.78. The Morgan fingerprint density at radius 2 is 1.72 bits per heavy atom. The molecule has 0 aliphatic carbocycles. The number of carbonyl (C=O) groups excluding carboxylic acids is 4. The Balaban J connectivity index is 3.56. The van der Waals surface area contributed by atoms with Crippen LogP contribution >= 0.6 is 0 Å². The third-order valence-corrected chi connectivity index (χ3v) is 5.69. The minimum absolute atomic E-state index is 0.144. The van der Waals surface area contributed by atoms with E-state index in [1.54, 1.807) is 59.7 Å². The summed E-state index contributed by atoms with van der Waals surface area (Å²) in [4.78, 5) is 53.0. The van der Waals surface area contributed by atoms with Gasteiger partial charge in [0.1, 0.15) is 30.0 Å². The van der Waals surface area contributed by atoms with Gasteiger partial charge in [-0.05, 0) is 53.0 Å². The molecule has 10 heteroatoms. The number of hydrogen-bond donors (Lipinski definition) is 3. The molecule has 0 aromatic heterocycles. The summed E-state index contributed by atoms with van der Waals surface area (Å²) >= 11 is 0. The molecule has 0 radical (unpaired) electrons. The van der Waals surface area contributed by atoms with Gasteiger partial charge in [0.2, 0.25) is 11.8 Å². The topological polar surface area (TPSA) is 134 Å². The van der Waals surface area contributed by atoms with E-state index in [1.165, 1.54) is 12.0 Å². The van der Waals surface area contributed by atoms with Gasteiger partial charge in [0, 0.05) is 11.6 Å². The Kier molecular flexibility index (Phi) is 11.2. The van der Waals surface area contributed by atoms with Crippen LogP contribution in [0.5, 0.6) is 5.75 Å². The summed E-state index contributed by atoms with van der Waals surface area (Å²) in [5, 5.41) is 16.0.